The molecule has 0 N–H and O–H groups in total. The molecule has 7 heteroatoms. The number of halogens is 3. The van der Waals surface area contributed by atoms with Crippen molar-refractivity contribution in [3.63, 3.8) is 0 Å². The standard InChI is InChI=1S/C12H7Cl2IN2O2/c13-8-4-9(14)6-10(5-8)17-11(18)7-16(12(17)19)3-1-2-15/h4-6H,3,7H2. The lowest BCUT2D eigenvalue weighted by atomic mass is 10.3. The summed E-state index contributed by atoms with van der Waals surface area (Å²) in [6.45, 7) is 0.229. The fraction of sp³-hybridized carbons (Fsp3) is 0.167. The van der Waals surface area contributed by atoms with Gasteiger partial charge in [0.05, 0.1) is 12.2 Å². The zero-order valence-corrected chi connectivity index (χ0v) is 13.2. The predicted octanol–water partition coefficient (Wildman–Crippen LogP) is 3.16. The maximum Gasteiger partial charge on any atom is 0.332 e. The van der Waals surface area contributed by atoms with Gasteiger partial charge in [-0.15, -0.1) is 0 Å². The van der Waals surface area contributed by atoms with Crippen LogP contribution < -0.4 is 4.90 Å². The Morgan fingerprint density at radius 2 is 1.84 bits per heavy atom. The maximum atomic E-state index is 12.1. The molecule has 4 nitrogen and oxygen atoms in total. The van der Waals surface area contributed by atoms with Crippen molar-refractivity contribution < 1.29 is 9.59 Å². The van der Waals surface area contributed by atoms with Crippen molar-refractivity contribution in [1.82, 2.24) is 4.90 Å². The normalized spacial score (nSPS) is 14.7. The lowest BCUT2D eigenvalue weighted by Gasteiger charge is -2.15. The van der Waals surface area contributed by atoms with Crippen molar-refractivity contribution in [2.75, 3.05) is 18.0 Å². The van der Waals surface area contributed by atoms with Gasteiger partial charge in [-0.1, -0.05) is 29.1 Å². The van der Waals surface area contributed by atoms with E-state index in [0.29, 0.717) is 15.7 Å². The first-order valence-electron chi connectivity index (χ1n) is 5.19. The second-order valence-electron chi connectivity index (χ2n) is 3.77. The van der Waals surface area contributed by atoms with Gasteiger partial charge in [-0.25, -0.2) is 9.69 Å². The molecule has 0 aliphatic carbocycles. The van der Waals surface area contributed by atoms with Gasteiger partial charge in [0.15, 0.2) is 0 Å². The number of rotatable bonds is 2. The molecule has 0 bridgehead atoms. The van der Waals surface area contributed by atoms with Gasteiger partial charge in [0.25, 0.3) is 5.91 Å². The molecule has 19 heavy (non-hydrogen) atoms. The Balaban J connectivity index is 2.31. The first-order chi connectivity index (χ1) is 9.02. The molecule has 1 aromatic rings. The lowest BCUT2D eigenvalue weighted by Crippen LogP contribution is -2.33. The number of anilines is 1. The van der Waals surface area contributed by atoms with Crippen molar-refractivity contribution in [3.8, 4) is 9.85 Å². The Morgan fingerprint density at radius 3 is 2.42 bits per heavy atom. The summed E-state index contributed by atoms with van der Waals surface area (Å²) >= 11 is 13.6. The highest BCUT2D eigenvalue weighted by Gasteiger charge is 2.36. The third kappa shape index (κ3) is 3.14. The molecule has 1 fully saturated rings. The second-order valence-corrected chi connectivity index (χ2v) is 5.18. The van der Waals surface area contributed by atoms with Gasteiger partial charge < -0.3 is 4.90 Å². The first kappa shape index (κ1) is 14.4. The maximum absolute atomic E-state index is 12.1. The van der Waals surface area contributed by atoms with Gasteiger partial charge >= 0.3 is 6.03 Å². The Bertz CT molecular complexity index is 589. The third-order valence-electron chi connectivity index (χ3n) is 2.48. The van der Waals surface area contributed by atoms with Crippen LogP contribution in [0.5, 0.6) is 0 Å². The molecule has 1 saturated heterocycles. The first-order valence-corrected chi connectivity index (χ1v) is 7.03. The van der Waals surface area contributed by atoms with Crippen LogP contribution in [0.2, 0.25) is 10.0 Å². The van der Waals surface area contributed by atoms with Crippen LogP contribution in [-0.4, -0.2) is 29.9 Å². The predicted molar refractivity (Wildman–Crippen MR) is 82.7 cm³/mol. The van der Waals surface area contributed by atoms with Crippen LogP contribution in [0.1, 0.15) is 0 Å². The van der Waals surface area contributed by atoms with Gasteiger partial charge in [0, 0.05) is 32.6 Å². The SMILES string of the molecule is O=C1CN(CC#CI)C(=O)N1c1cc(Cl)cc(Cl)c1. The molecule has 1 aromatic carbocycles. The van der Waals surface area contributed by atoms with E-state index in [9.17, 15) is 9.59 Å². The summed E-state index contributed by atoms with van der Waals surface area (Å²) in [6, 6.07) is 4.17. The van der Waals surface area contributed by atoms with Crippen LogP contribution >= 0.6 is 45.8 Å². The van der Waals surface area contributed by atoms with Gasteiger partial charge in [-0.3, -0.25) is 4.79 Å². The summed E-state index contributed by atoms with van der Waals surface area (Å²) in [7, 11) is 0. The molecule has 98 valence electrons. The number of amides is 3. The van der Waals surface area contributed by atoms with E-state index in [1.807, 2.05) is 22.6 Å². The highest BCUT2D eigenvalue weighted by Crippen LogP contribution is 2.28. The number of imide groups is 1. The van der Waals surface area contributed by atoms with Crippen LogP contribution in [0.3, 0.4) is 0 Å². The molecular formula is C12H7Cl2IN2O2. The van der Waals surface area contributed by atoms with Crippen LogP contribution in [0.15, 0.2) is 18.2 Å². The van der Waals surface area contributed by atoms with Crippen molar-refractivity contribution in [1.29, 1.82) is 0 Å². The molecule has 3 amide bonds. The Morgan fingerprint density at radius 1 is 1.21 bits per heavy atom. The van der Waals surface area contributed by atoms with E-state index < -0.39 is 6.03 Å². The Hall–Kier alpha value is -0.970. The van der Waals surface area contributed by atoms with Crippen molar-refractivity contribution in [2.24, 2.45) is 0 Å². The Labute approximate surface area is 133 Å². The minimum atomic E-state index is -0.414. The van der Waals surface area contributed by atoms with Gasteiger partial charge in [-0.2, -0.15) is 0 Å². The molecule has 1 aliphatic rings. The largest absolute Gasteiger partial charge is 0.332 e. The van der Waals surface area contributed by atoms with E-state index in [1.165, 1.54) is 23.1 Å². The average Bonchev–Trinajstić information content (AvgIpc) is 2.60. The number of hydrogen-bond acceptors (Lipinski definition) is 2. The van der Waals surface area contributed by atoms with E-state index in [1.54, 1.807) is 0 Å². The monoisotopic (exact) mass is 408 g/mol. The number of nitrogens with zero attached hydrogens (tertiary/aromatic N) is 2. The zero-order valence-electron chi connectivity index (χ0n) is 9.49. The molecule has 0 radical (unpaired) electrons. The number of hydrogen-bond donors (Lipinski definition) is 0. The van der Waals surface area contributed by atoms with Crippen molar-refractivity contribution in [3.05, 3.63) is 28.2 Å². The molecule has 0 aromatic heterocycles. The van der Waals surface area contributed by atoms with Gasteiger partial charge in [0.1, 0.15) is 6.54 Å². The second kappa shape index (κ2) is 5.99. The smallest absolute Gasteiger partial charge is 0.303 e. The van der Waals surface area contributed by atoms with E-state index in [0.717, 1.165) is 4.90 Å². The van der Waals surface area contributed by atoms with E-state index in [-0.39, 0.29) is 19.0 Å². The van der Waals surface area contributed by atoms with Crippen LogP contribution in [0.4, 0.5) is 10.5 Å². The molecular weight excluding hydrogens is 402 g/mol. The van der Waals surface area contributed by atoms with Crippen molar-refractivity contribution in [2.45, 2.75) is 0 Å². The Kier molecular flexibility index (Phi) is 4.55. The molecule has 0 saturated carbocycles. The number of carbonyl (C=O) groups excluding carboxylic acids is 2. The summed E-state index contributed by atoms with van der Waals surface area (Å²) in [6.07, 6.45) is 0. The van der Waals surface area contributed by atoms with Crippen molar-refractivity contribution >= 4 is 63.4 Å². The van der Waals surface area contributed by atoms with E-state index in [4.69, 9.17) is 23.2 Å². The van der Waals surface area contributed by atoms with Crippen LogP contribution in [0.25, 0.3) is 0 Å². The molecule has 0 atom stereocenters. The highest BCUT2D eigenvalue weighted by atomic mass is 127. The number of urea groups is 1. The summed E-state index contributed by atoms with van der Waals surface area (Å²) < 4.78 is 2.66. The number of carbonyl (C=O) groups is 2. The van der Waals surface area contributed by atoms with Gasteiger partial charge in [0.2, 0.25) is 0 Å². The summed E-state index contributed by atoms with van der Waals surface area (Å²) in [5.74, 6) is 2.43. The third-order valence-corrected chi connectivity index (χ3v) is 3.30. The lowest BCUT2D eigenvalue weighted by molar-refractivity contribution is -0.116. The molecule has 0 unspecified atom stereocenters. The molecule has 0 spiro atoms. The summed E-state index contributed by atoms with van der Waals surface area (Å²) in [4.78, 5) is 26.5. The fourth-order valence-corrected chi connectivity index (χ4v) is 2.41. The zero-order chi connectivity index (χ0) is 14.0. The quantitative estimate of drug-likeness (QED) is 0.428. The fourth-order valence-electron chi connectivity index (χ4n) is 1.72. The minimum Gasteiger partial charge on any atom is -0.303 e. The average molecular weight is 409 g/mol. The molecule has 1 heterocycles. The van der Waals surface area contributed by atoms with Crippen LogP contribution in [0, 0.1) is 9.85 Å². The number of benzene rings is 1. The summed E-state index contributed by atoms with van der Waals surface area (Å²) in [5, 5.41) is 0.738. The molecule has 2 rings (SSSR count). The van der Waals surface area contributed by atoms with E-state index in [2.05, 4.69) is 9.85 Å². The topological polar surface area (TPSA) is 40.6 Å². The van der Waals surface area contributed by atoms with Crippen LogP contribution in [-0.2, 0) is 4.79 Å². The highest BCUT2D eigenvalue weighted by molar-refractivity contribution is 14.1. The van der Waals surface area contributed by atoms with Gasteiger partial charge in [-0.05, 0) is 22.1 Å². The summed E-state index contributed by atoms with van der Waals surface area (Å²) in [5.41, 5.74) is 0.373. The minimum absolute atomic E-state index is 0.00822. The van der Waals surface area contributed by atoms with E-state index >= 15 is 0 Å². The molecule has 1 aliphatic heterocycles.